The van der Waals surface area contributed by atoms with E-state index < -0.39 is 0 Å². The summed E-state index contributed by atoms with van der Waals surface area (Å²) < 4.78 is 6.00. The highest BCUT2D eigenvalue weighted by atomic mass is 16.5. The standard InChI is InChI=1S/C23H42N4O3/c1-18(2)22(29)24-16-20-15-23(17-30-20)6-9-27(10-7-23)21(28)5-8-25-11-13-26(14-12-25)19(3)4/h18-20H,5-17H2,1-4H3,(H,24,29). The van der Waals surface area contributed by atoms with Crippen LogP contribution >= 0.6 is 0 Å². The van der Waals surface area contributed by atoms with Crippen molar-refractivity contribution in [3.05, 3.63) is 0 Å². The number of hydrogen-bond acceptors (Lipinski definition) is 5. The van der Waals surface area contributed by atoms with Crippen molar-refractivity contribution < 1.29 is 14.3 Å². The predicted octanol–water partition coefficient (Wildman–Crippen LogP) is 1.57. The van der Waals surface area contributed by atoms with Gasteiger partial charge in [-0.1, -0.05) is 13.8 Å². The second-order valence-corrected chi connectivity index (χ2v) is 10.1. The van der Waals surface area contributed by atoms with Crippen LogP contribution < -0.4 is 5.32 Å². The minimum absolute atomic E-state index is 0.00805. The molecule has 3 aliphatic heterocycles. The van der Waals surface area contributed by atoms with Crippen molar-refractivity contribution in [2.24, 2.45) is 11.3 Å². The lowest BCUT2D eigenvalue weighted by atomic mass is 9.76. The van der Waals surface area contributed by atoms with Gasteiger partial charge in [0, 0.05) is 70.7 Å². The molecule has 0 aromatic carbocycles. The summed E-state index contributed by atoms with van der Waals surface area (Å²) in [5.74, 6) is 0.398. The number of piperazine rings is 1. The quantitative estimate of drug-likeness (QED) is 0.675. The zero-order valence-corrected chi connectivity index (χ0v) is 19.5. The number of hydrogen-bond donors (Lipinski definition) is 1. The zero-order chi connectivity index (χ0) is 21.7. The minimum atomic E-state index is 0.00805. The number of amides is 2. The van der Waals surface area contributed by atoms with Gasteiger partial charge in [0.2, 0.25) is 11.8 Å². The molecule has 0 aromatic rings. The monoisotopic (exact) mass is 422 g/mol. The van der Waals surface area contributed by atoms with Gasteiger partial charge in [-0.05, 0) is 38.5 Å². The van der Waals surface area contributed by atoms with Crippen LogP contribution in [0, 0.1) is 11.3 Å². The van der Waals surface area contributed by atoms with Crippen LogP contribution in [-0.4, -0.2) is 97.6 Å². The van der Waals surface area contributed by atoms with E-state index in [1.54, 1.807) is 0 Å². The van der Waals surface area contributed by atoms with E-state index in [-0.39, 0.29) is 23.3 Å². The average Bonchev–Trinajstić information content (AvgIpc) is 3.13. The molecule has 0 aliphatic carbocycles. The normalized spacial score (nSPS) is 25.4. The van der Waals surface area contributed by atoms with Crippen LogP contribution in [0.15, 0.2) is 0 Å². The molecule has 1 atom stereocenters. The fraction of sp³-hybridized carbons (Fsp3) is 0.913. The molecular weight excluding hydrogens is 380 g/mol. The molecule has 2 amide bonds. The number of carbonyl (C=O) groups excluding carboxylic acids is 2. The Morgan fingerprint density at radius 2 is 1.70 bits per heavy atom. The van der Waals surface area contributed by atoms with Gasteiger partial charge in [0.25, 0.3) is 0 Å². The van der Waals surface area contributed by atoms with E-state index in [0.717, 1.165) is 71.7 Å². The maximum absolute atomic E-state index is 12.7. The summed E-state index contributed by atoms with van der Waals surface area (Å²) in [6.45, 7) is 16.6. The van der Waals surface area contributed by atoms with Crippen LogP contribution in [0.2, 0.25) is 0 Å². The highest BCUT2D eigenvalue weighted by Crippen LogP contribution is 2.41. The molecule has 30 heavy (non-hydrogen) atoms. The Bertz CT molecular complexity index is 579. The minimum Gasteiger partial charge on any atom is -0.376 e. The van der Waals surface area contributed by atoms with Gasteiger partial charge in [-0.25, -0.2) is 0 Å². The van der Waals surface area contributed by atoms with Gasteiger partial charge in [0.15, 0.2) is 0 Å². The van der Waals surface area contributed by atoms with Gasteiger partial charge in [0.1, 0.15) is 0 Å². The summed E-state index contributed by atoms with van der Waals surface area (Å²) in [5.41, 5.74) is 0.192. The van der Waals surface area contributed by atoms with Crippen LogP contribution in [0.1, 0.15) is 53.4 Å². The summed E-state index contributed by atoms with van der Waals surface area (Å²) >= 11 is 0. The first-order chi connectivity index (χ1) is 14.3. The summed E-state index contributed by atoms with van der Waals surface area (Å²) in [6, 6.07) is 0.611. The fourth-order valence-electron chi connectivity index (χ4n) is 4.94. The van der Waals surface area contributed by atoms with E-state index in [9.17, 15) is 9.59 Å². The van der Waals surface area contributed by atoms with Crippen molar-refractivity contribution in [3.63, 3.8) is 0 Å². The van der Waals surface area contributed by atoms with E-state index in [1.165, 1.54) is 0 Å². The van der Waals surface area contributed by atoms with Gasteiger partial charge >= 0.3 is 0 Å². The highest BCUT2D eigenvalue weighted by Gasteiger charge is 2.43. The van der Waals surface area contributed by atoms with E-state index in [4.69, 9.17) is 4.74 Å². The summed E-state index contributed by atoms with van der Waals surface area (Å²) in [5, 5.41) is 2.99. The number of piperidine rings is 1. The molecule has 1 N–H and O–H groups in total. The molecule has 3 heterocycles. The highest BCUT2D eigenvalue weighted by molar-refractivity contribution is 5.77. The smallest absolute Gasteiger partial charge is 0.223 e. The van der Waals surface area contributed by atoms with Crippen molar-refractivity contribution in [2.75, 3.05) is 59.0 Å². The van der Waals surface area contributed by atoms with Gasteiger partial charge in [-0.15, -0.1) is 0 Å². The lowest BCUT2D eigenvalue weighted by Crippen LogP contribution is -2.50. The Morgan fingerprint density at radius 3 is 2.30 bits per heavy atom. The van der Waals surface area contributed by atoms with Crippen molar-refractivity contribution in [1.29, 1.82) is 0 Å². The third kappa shape index (κ3) is 6.17. The Hall–Kier alpha value is -1.18. The largest absolute Gasteiger partial charge is 0.376 e. The Morgan fingerprint density at radius 1 is 1.03 bits per heavy atom. The Labute approximate surface area is 182 Å². The Balaban J connectivity index is 1.34. The molecule has 172 valence electrons. The van der Waals surface area contributed by atoms with Crippen LogP contribution in [0.5, 0.6) is 0 Å². The molecule has 7 heteroatoms. The number of carbonyl (C=O) groups is 2. The number of ether oxygens (including phenoxy) is 1. The van der Waals surface area contributed by atoms with Gasteiger partial charge in [-0.2, -0.15) is 0 Å². The molecule has 7 nitrogen and oxygen atoms in total. The number of likely N-dealkylation sites (tertiary alicyclic amines) is 1. The van der Waals surface area contributed by atoms with Crippen LogP contribution in [-0.2, 0) is 14.3 Å². The van der Waals surface area contributed by atoms with Crippen molar-refractivity contribution in [1.82, 2.24) is 20.0 Å². The molecule has 0 aromatic heterocycles. The predicted molar refractivity (Wildman–Crippen MR) is 118 cm³/mol. The number of rotatable bonds is 7. The second kappa shape index (κ2) is 10.4. The third-order valence-corrected chi connectivity index (χ3v) is 7.27. The molecule has 0 bridgehead atoms. The SMILES string of the molecule is CC(C)C(=O)NCC1CC2(CCN(C(=O)CCN3CCN(C(C)C)CC3)CC2)CO1. The first-order valence-corrected chi connectivity index (χ1v) is 11.9. The first kappa shape index (κ1) is 23.5. The molecule has 1 unspecified atom stereocenters. The molecule has 3 rings (SSSR count). The van der Waals surface area contributed by atoms with Crippen molar-refractivity contribution in [3.8, 4) is 0 Å². The number of nitrogens with zero attached hydrogens (tertiary/aromatic N) is 3. The second-order valence-electron chi connectivity index (χ2n) is 10.1. The van der Waals surface area contributed by atoms with Gasteiger partial charge in [-0.3, -0.25) is 14.5 Å². The fourth-order valence-corrected chi connectivity index (χ4v) is 4.94. The molecule has 0 saturated carbocycles. The maximum Gasteiger partial charge on any atom is 0.223 e. The van der Waals surface area contributed by atoms with Crippen LogP contribution in [0.3, 0.4) is 0 Å². The summed E-state index contributed by atoms with van der Waals surface area (Å²) in [7, 11) is 0. The molecule has 1 spiro atoms. The maximum atomic E-state index is 12.7. The zero-order valence-electron chi connectivity index (χ0n) is 19.5. The van der Waals surface area contributed by atoms with Crippen LogP contribution in [0.4, 0.5) is 0 Å². The van der Waals surface area contributed by atoms with E-state index in [1.807, 2.05) is 13.8 Å². The average molecular weight is 423 g/mol. The van der Waals surface area contributed by atoms with E-state index in [0.29, 0.717) is 24.9 Å². The molecule has 3 fully saturated rings. The summed E-state index contributed by atoms with van der Waals surface area (Å²) in [4.78, 5) is 31.5. The third-order valence-electron chi connectivity index (χ3n) is 7.27. The van der Waals surface area contributed by atoms with Gasteiger partial charge in [0.05, 0.1) is 12.7 Å². The van der Waals surface area contributed by atoms with Crippen molar-refractivity contribution >= 4 is 11.8 Å². The van der Waals surface area contributed by atoms with E-state index in [2.05, 4.69) is 33.9 Å². The van der Waals surface area contributed by atoms with Crippen molar-refractivity contribution in [2.45, 2.75) is 65.5 Å². The molecule has 3 aliphatic rings. The first-order valence-electron chi connectivity index (χ1n) is 11.9. The lowest BCUT2D eigenvalue weighted by Gasteiger charge is -2.39. The van der Waals surface area contributed by atoms with E-state index >= 15 is 0 Å². The van der Waals surface area contributed by atoms with Gasteiger partial charge < -0.3 is 19.9 Å². The summed E-state index contributed by atoms with van der Waals surface area (Å²) in [6.07, 6.45) is 3.77. The molecular formula is C23H42N4O3. The topological polar surface area (TPSA) is 65.1 Å². The molecule has 0 radical (unpaired) electrons. The number of nitrogens with one attached hydrogen (secondary N) is 1. The van der Waals surface area contributed by atoms with Crippen LogP contribution in [0.25, 0.3) is 0 Å². The molecule has 3 saturated heterocycles. The Kier molecular flexibility index (Phi) is 8.16. The lowest BCUT2D eigenvalue weighted by molar-refractivity contribution is -0.134.